The standard InChI is InChI=1S/C20H20F2N2O4/c1-4-16(19(25)24-15-9-8-12(2)10-13(15)3)28-23-11-14-6-5-7-17-18(14)27-20(21,22)26-17/h5-11,16H,4H2,1-3H3,(H,24,25)/b23-11-. The second-order valence-electron chi connectivity index (χ2n) is 6.39. The molecule has 2 aromatic carbocycles. The Bertz CT molecular complexity index is 915. The van der Waals surface area contributed by atoms with Crippen LogP contribution in [0, 0.1) is 13.8 Å². The van der Waals surface area contributed by atoms with E-state index in [1.165, 1.54) is 24.4 Å². The van der Waals surface area contributed by atoms with Crippen molar-refractivity contribution >= 4 is 17.8 Å². The van der Waals surface area contributed by atoms with E-state index in [1.54, 1.807) is 6.92 Å². The molecule has 3 rings (SSSR count). The maximum Gasteiger partial charge on any atom is 0.586 e. The number of para-hydroxylation sites is 1. The molecule has 148 valence electrons. The fourth-order valence-corrected chi connectivity index (χ4v) is 2.73. The number of hydrogen-bond donors (Lipinski definition) is 1. The third-order valence-corrected chi connectivity index (χ3v) is 4.14. The molecule has 1 aliphatic heterocycles. The molecule has 0 radical (unpaired) electrons. The first kappa shape index (κ1) is 19.6. The van der Waals surface area contributed by atoms with E-state index in [1.807, 2.05) is 32.0 Å². The summed E-state index contributed by atoms with van der Waals surface area (Å²) in [7, 11) is 0. The average Bonchev–Trinajstić information content (AvgIpc) is 2.95. The maximum atomic E-state index is 13.2. The zero-order chi connectivity index (χ0) is 20.3. The van der Waals surface area contributed by atoms with Crippen molar-refractivity contribution in [2.45, 2.75) is 39.6 Å². The van der Waals surface area contributed by atoms with E-state index in [-0.39, 0.29) is 23.0 Å². The molecule has 1 amide bonds. The first-order valence-corrected chi connectivity index (χ1v) is 8.75. The van der Waals surface area contributed by atoms with Crippen LogP contribution < -0.4 is 14.8 Å². The molecule has 1 atom stereocenters. The van der Waals surface area contributed by atoms with Gasteiger partial charge < -0.3 is 19.6 Å². The summed E-state index contributed by atoms with van der Waals surface area (Å²) in [5.74, 6) is -0.572. The highest BCUT2D eigenvalue weighted by Crippen LogP contribution is 2.42. The molecule has 0 saturated carbocycles. The van der Waals surface area contributed by atoms with Gasteiger partial charge in [0.1, 0.15) is 0 Å². The van der Waals surface area contributed by atoms with Gasteiger partial charge in [0.05, 0.1) is 6.21 Å². The van der Waals surface area contributed by atoms with E-state index >= 15 is 0 Å². The van der Waals surface area contributed by atoms with Gasteiger partial charge in [-0.1, -0.05) is 35.8 Å². The fraction of sp³-hybridized carbons (Fsp3) is 0.300. The Morgan fingerprint density at radius 1 is 1.29 bits per heavy atom. The van der Waals surface area contributed by atoms with Gasteiger partial charge in [0.15, 0.2) is 11.5 Å². The number of fused-ring (bicyclic) bond motifs is 1. The second kappa shape index (κ2) is 7.84. The molecule has 1 heterocycles. The van der Waals surface area contributed by atoms with Crippen molar-refractivity contribution in [1.82, 2.24) is 0 Å². The summed E-state index contributed by atoms with van der Waals surface area (Å²) in [5, 5.41) is 6.58. The van der Waals surface area contributed by atoms with Crippen molar-refractivity contribution in [2.75, 3.05) is 5.32 Å². The molecule has 0 spiro atoms. The van der Waals surface area contributed by atoms with E-state index in [2.05, 4.69) is 19.9 Å². The van der Waals surface area contributed by atoms with Crippen molar-refractivity contribution < 1.29 is 27.9 Å². The van der Waals surface area contributed by atoms with Crippen LogP contribution in [0.2, 0.25) is 0 Å². The van der Waals surface area contributed by atoms with E-state index < -0.39 is 12.4 Å². The summed E-state index contributed by atoms with van der Waals surface area (Å²) in [5.41, 5.74) is 2.97. The lowest BCUT2D eigenvalue weighted by atomic mass is 10.1. The minimum Gasteiger partial charge on any atom is -0.395 e. The molecule has 0 aliphatic carbocycles. The summed E-state index contributed by atoms with van der Waals surface area (Å²) in [6.45, 7) is 5.64. The highest BCUT2D eigenvalue weighted by atomic mass is 19.3. The maximum absolute atomic E-state index is 13.2. The van der Waals surface area contributed by atoms with Crippen LogP contribution in [0.5, 0.6) is 11.5 Å². The normalized spacial score (nSPS) is 15.5. The van der Waals surface area contributed by atoms with Crippen molar-refractivity contribution in [3.8, 4) is 11.5 Å². The van der Waals surface area contributed by atoms with Gasteiger partial charge in [0.2, 0.25) is 6.10 Å². The number of oxime groups is 1. The lowest BCUT2D eigenvalue weighted by molar-refractivity contribution is -0.286. The Morgan fingerprint density at radius 3 is 2.79 bits per heavy atom. The largest absolute Gasteiger partial charge is 0.586 e. The molecule has 2 aromatic rings. The number of carbonyl (C=O) groups is 1. The molecule has 1 unspecified atom stereocenters. The van der Waals surface area contributed by atoms with Crippen LogP contribution in [0.25, 0.3) is 0 Å². The number of aryl methyl sites for hydroxylation is 2. The zero-order valence-corrected chi connectivity index (χ0v) is 15.7. The SMILES string of the molecule is CCC(O/N=C\c1cccc2c1OC(F)(F)O2)C(=O)Nc1ccc(C)cc1C. The quantitative estimate of drug-likeness (QED) is 0.587. The van der Waals surface area contributed by atoms with Crippen molar-refractivity contribution in [1.29, 1.82) is 0 Å². The second-order valence-corrected chi connectivity index (χ2v) is 6.39. The van der Waals surface area contributed by atoms with Crippen molar-refractivity contribution in [2.24, 2.45) is 5.16 Å². The summed E-state index contributed by atoms with van der Waals surface area (Å²) >= 11 is 0. The van der Waals surface area contributed by atoms with Crippen molar-refractivity contribution in [3.05, 3.63) is 53.1 Å². The van der Waals surface area contributed by atoms with Crippen LogP contribution in [0.3, 0.4) is 0 Å². The van der Waals surface area contributed by atoms with Gasteiger partial charge in [-0.15, -0.1) is 8.78 Å². The molecule has 0 bridgehead atoms. The number of nitrogens with zero attached hydrogens (tertiary/aromatic N) is 1. The highest BCUT2D eigenvalue weighted by Gasteiger charge is 2.44. The first-order chi connectivity index (χ1) is 13.3. The third kappa shape index (κ3) is 4.39. The van der Waals surface area contributed by atoms with Gasteiger partial charge >= 0.3 is 6.29 Å². The molecule has 0 saturated heterocycles. The van der Waals surface area contributed by atoms with Crippen LogP contribution >= 0.6 is 0 Å². The highest BCUT2D eigenvalue weighted by molar-refractivity contribution is 5.95. The number of rotatable bonds is 6. The minimum atomic E-state index is -3.72. The summed E-state index contributed by atoms with van der Waals surface area (Å²) in [6.07, 6.45) is -2.98. The molecule has 6 nitrogen and oxygen atoms in total. The van der Waals surface area contributed by atoms with Gasteiger partial charge in [-0.25, -0.2) is 0 Å². The van der Waals surface area contributed by atoms with Gasteiger partial charge in [-0.3, -0.25) is 4.79 Å². The van der Waals surface area contributed by atoms with Crippen LogP contribution in [0.15, 0.2) is 41.6 Å². The molecule has 0 aromatic heterocycles. The van der Waals surface area contributed by atoms with Crippen LogP contribution in [0.1, 0.15) is 30.0 Å². The topological polar surface area (TPSA) is 69.1 Å². The van der Waals surface area contributed by atoms with E-state index in [0.29, 0.717) is 12.1 Å². The first-order valence-electron chi connectivity index (χ1n) is 8.75. The van der Waals surface area contributed by atoms with Crippen molar-refractivity contribution in [3.63, 3.8) is 0 Å². The summed E-state index contributed by atoms with van der Waals surface area (Å²) in [4.78, 5) is 17.7. The number of benzene rings is 2. The molecular weight excluding hydrogens is 370 g/mol. The predicted octanol–water partition coefficient (Wildman–Crippen LogP) is 4.39. The van der Waals surface area contributed by atoms with Gasteiger partial charge in [-0.2, -0.15) is 0 Å². The lowest BCUT2D eigenvalue weighted by Gasteiger charge is -2.14. The Hall–Kier alpha value is -3.16. The fourth-order valence-electron chi connectivity index (χ4n) is 2.73. The van der Waals surface area contributed by atoms with E-state index in [9.17, 15) is 13.6 Å². The summed E-state index contributed by atoms with van der Waals surface area (Å²) < 4.78 is 35.3. The Balaban J connectivity index is 1.66. The smallest absolute Gasteiger partial charge is 0.395 e. The number of halogens is 2. The Labute approximate surface area is 161 Å². The number of amides is 1. The molecule has 28 heavy (non-hydrogen) atoms. The molecular formula is C20H20F2N2O4. The van der Waals surface area contributed by atoms with E-state index in [0.717, 1.165) is 11.1 Å². The Kier molecular flexibility index (Phi) is 5.48. The number of carbonyl (C=O) groups excluding carboxylic acids is 1. The number of nitrogens with one attached hydrogen (secondary N) is 1. The number of alkyl halides is 2. The van der Waals surface area contributed by atoms with Gasteiger partial charge in [0, 0.05) is 11.3 Å². The monoisotopic (exact) mass is 390 g/mol. The molecule has 1 aliphatic rings. The average molecular weight is 390 g/mol. The number of ether oxygens (including phenoxy) is 2. The molecule has 1 N–H and O–H groups in total. The minimum absolute atomic E-state index is 0.0893. The predicted molar refractivity (Wildman–Crippen MR) is 99.9 cm³/mol. The van der Waals surface area contributed by atoms with Gasteiger partial charge in [0.25, 0.3) is 5.91 Å². The molecule has 8 heteroatoms. The van der Waals surface area contributed by atoms with Crippen LogP contribution in [-0.2, 0) is 9.63 Å². The zero-order valence-electron chi connectivity index (χ0n) is 15.7. The summed E-state index contributed by atoms with van der Waals surface area (Å²) in [6, 6.07) is 10.1. The van der Waals surface area contributed by atoms with E-state index in [4.69, 9.17) is 4.84 Å². The third-order valence-electron chi connectivity index (χ3n) is 4.14. The van der Waals surface area contributed by atoms with Crippen LogP contribution in [-0.4, -0.2) is 24.5 Å². The Morgan fingerprint density at radius 2 is 2.07 bits per heavy atom. The van der Waals surface area contributed by atoms with Gasteiger partial charge in [-0.05, 0) is 44.0 Å². The number of anilines is 1. The lowest BCUT2D eigenvalue weighted by Crippen LogP contribution is -2.29. The molecule has 0 fully saturated rings. The van der Waals surface area contributed by atoms with Crippen LogP contribution in [0.4, 0.5) is 14.5 Å². The number of hydrogen-bond acceptors (Lipinski definition) is 5.